The van der Waals surface area contributed by atoms with Crippen molar-refractivity contribution >= 4 is 5.91 Å². The summed E-state index contributed by atoms with van der Waals surface area (Å²) < 4.78 is 6.03. The monoisotopic (exact) mass is 270 g/mol. The summed E-state index contributed by atoms with van der Waals surface area (Å²) >= 11 is 0. The Morgan fingerprint density at radius 1 is 1.32 bits per heavy atom. The number of carbonyl (C=O) groups is 1. The third kappa shape index (κ3) is 5.11. The Hall–Kier alpha value is -0.610. The van der Waals surface area contributed by atoms with Gasteiger partial charge >= 0.3 is 0 Å². The van der Waals surface area contributed by atoms with Crippen LogP contribution in [-0.2, 0) is 9.53 Å². The summed E-state index contributed by atoms with van der Waals surface area (Å²) in [4.78, 5) is 12.1. The summed E-state index contributed by atoms with van der Waals surface area (Å²) in [5.74, 6) is -0.0145. The molecule has 1 aliphatic rings. The Bertz CT molecular complexity index is 275. The van der Waals surface area contributed by atoms with Crippen LogP contribution in [0.25, 0.3) is 0 Å². The Labute approximate surface area is 117 Å². The van der Waals surface area contributed by atoms with E-state index in [2.05, 4.69) is 12.2 Å². The lowest BCUT2D eigenvalue weighted by Crippen LogP contribution is -2.49. The van der Waals surface area contributed by atoms with E-state index in [1.807, 2.05) is 13.8 Å². The molecule has 0 aromatic heterocycles. The molecule has 0 aromatic rings. The van der Waals surface area contributed by atoms with Crippen LogP contribution in [0.1, 0.15) is 65.7 Å². The Kier molecular flexibility index (Phi) is 6.80. The van der Waals surface area contributed by atoms with E-state index in [-0.39, 0.29) is 17.6 Å². The number of hydrogen-bond donors (Lipinski definition) is 2. The zero-order valence-electron chi connectivity index (χ0n) is 12.7. The summed E-state index contributed by atoms with van der Waals surface area (Å²) in [5.41, 5.74) is 5.60. The fourth-order valence-electron chi connectivity index (χ4n) is 2.86. The SMILES string of the molecule is CCCC(C)NC(=O)C(C)OC1(CN)CCCCC1. The second kappa shape index (κ2) is 7.85. The Morgan fingerprint density at radius 3 is 2.47 bits per heavy atom. The van der Waals surface area contributed by atoms with Crippen LogP contribution in [-0.4, -0.2) is 30.2 Å². The maximum absolute atomic E-state index is 12.1. The normalized spacial score (nSPS) is 21.7. The first kappa shape index (κ1) is 16.4. The van der Waals surface area contributed by atoms with Crippen LogP contribution in [0.2, 0.25) is 0 Å². The molecule has 1 saturated carbocycles. The van der Waals surface area contributed by atoms with Crippen molar-refractivity contribution in [1.29, 1.82) is 0 Å². The lowest BCUT2D eigenvalue weighted by molar-refractivity contribution is -0.149. The molecular weight excluding hydrogens is 240 g/mol. The van der Waals surface area contributed by atoms with Crippen LogP contribution >= 0.6 is 0 Å². The van der Waals surface area contributed by atoms with Gasteiger partial charge in [0.05, 0.1) is 5.60 Å². The van der Waals surface area contributed by atoms with Crippen molar-refractivity contribution in [2.75, 3.05) is 6.54 Å². The van der Waals surface area contributed by atoms with Gasteiger partial charge < -0.3 is 15.8 Å². The predicted molar refractivity (Wildman–Crippen MR) is 77.9 cm³/mol. The fraction of sp³-hybridized carbons (Fsp3) is 0.933. The number of hydrogen-bond acceptors (Lipinski definition) is 3. The van der Waals surface area contributed by atoms with Crippen molar-refractivity contribution in [2.45, 2.75) is 83.5 Å². The lowest BCUT2D eigenvalue weighted by Gasteiger charge is -2.38. The molecule has 0 aliphatic heterocycles. The van der Waals surface area contributed by atoms with E-state index in [9.17, 15) is 4.79 Å². The molecule has 0 bridgehead atoms. The molecule has 2 unspecified atom stereocenters. The minimum atomic E-state index is -0.416. The van der Waals surface area contributed by atoms with Gasteiger partial charge in [0.25, 0.3) is 0 Å². The van der Waals surface area contributed by atoms with Gasteiger partial charge in [0.1, 0.15) is 6.10 Å². The maximum Gasteiger partial charge on any atom is 0.249 e. The van der Waals surface area contributed by atoms with E-state index < -0.39 is 6.10 Å². The highest BCUT2D eigenvalue weighted by atomic mass is 16.5. The average Bonchev–Trinajstić information content (AvgIpc) is 2.40. The van der Waals surface area contributed by atoms with Gasteiger partial charge in [0, 0.05) is 12.6 Å². The van der Waals surface area contributed by atoms with Gasteiger partial charge in [-0.1, -0.05) is 32.6 Å². The minimum Gasteiger partial charge on any atom is -0.361 e. The zero-order valence-corrected chi connectivity index (χ0v) is 12.7. The second-order valence-electron chi connectivity index (χ2n) is 5.91. The van der Waals surface area contributed by atoms with Crippen molar-refractivity contribution < 1.29 is 9.53 Å². The summed E-state index contributed by atoms with van der Waals surface area (Å²) in [7, 11) is 0. The quantitative estimate of drug-likeness (QED) is 0.746. The van der Waals surface area contributed by atoms with Crippen LogP contribution in [0.4, 0.5) is 0 Å². The lowest BCUT2D eigenvalue weighted by atomic mass is 9.84. The molecule has 112 valence electrons. The fourth-order valence-corrected chi connectivity index (χ4v) is 2.86. The van der Waals surface area contributed by atoms with Crippen molar-refractivity contribution in [2.24, 2.45) is 5.73 Å². The molecule has 3 N–H and O–H groups in total. The van der Waals surface area contributed by atoms with E-state index in [0.717, 1.165) is 38.5 Å². The van der Waals surface area contributed by atoms with Gasteiger partial charge in [0.2, 0.25) is 5.91 Å². The molecule has 4 nitrogen and oxygen atoms in total. The number of nitrogens with two attached hydrogens (primary N) is 1. The van der Waals surface area contributed by atoms with Crippen molar-refractivity contribution in [1.82, 2.24) is 5.32 Å². The van der Waals surface area contributed by atoms with Crippen LogP contribution in [0.3, 0.4) is 0 Å². The van der Waals surface area contributed by atoms with E-state index in [0.29, 0.717) is 6.54 Å². The van der Waals surface area contributed by atoms with E-state index in [1.165, 1.54) is 6.42 Å². The summed E-state index contributed by atoms with van der Waals surface area (Å²) in [6.07, 6.45) is 7.16. The van der Waals surface area contributed by atoms with Crippen LogP contribution < -0.4 is 11.1 Å². The molecule has 0 heterocycles. The molecule has 0 radical (unpaired) electrons. The zero-order chi connectivity index (χ0) is 14.3. The highest BCUT2D eigenvalue weighted by molar-refractivity contribution is 5.80. The summed E-state index contributed by atoms with van der Waals surface area (Å²) in [6, 6.07) is 0.212. The Balaban J connectivity index is 2.47. The molecule has 1 rings (SSSR count). The number of carbonyl (C=O) groups excluding carboxylic acids is 1. The average molecular weight is 270 g/mol. The van der Waals surface area contributed by atoms with Crippen molar-refractivity contribution in [3.8, 4) is 0 Å². The van der Waals surface area contributed by atoms with E-state index in [4.69, 9.17) is 10.5 Å². The minimum absolute atomic E-state index is 0.0145. The maximum atomic E-state index is 12.1. The third-order valence-electron chi connectivity index (χ3n) is 4.04. The summed E-state index contributed by atoms with van der Waals surface area (Å²) in [5, 5.41) is 3.01. The van der Waals surface area contributed by atoms with Crippen LogP contribution in [0.15, 0.2) is 0 Å². The van der Waals surface area contributed by atoms with E-state index in [1.54, 1.807) is 0 Å². The molecule has 1 fully saturated rings. The second-order valence-corrected chi connectivity index (χ2v) is 5.91. The smallest absolute Gasteiger partial charge is 0.249 e. The number of rotatable bonds is 7. The van der Waals surface area contributed by atoms with Gasteiger partial charge in [-0.05, 0) is 33.1 Å². The molecule has 4 heteroatoms. The standard InChI is InChI=1S/C15H30N2O2/c1-4-8-12(2)17-14(18)13(3)19-15(11-16)9-6-5-7-10-15/h12-13H,4-11,16H2,1-3H3,(H,17,18). The first-order valence-electron chi connectivity index (χ1n) is 7.71. The molecule has 19 heavy (non-hydrogen) atoms. The van der Waals surface area contributed by atoms with Gasteiger partial charge in [-0.25, -0.2) is 0 Å². The molecule has 1 aliphatic carbocycles. The Morgan fingerprint density at radius 2 is 1.95 bits per heavy atom. The van der Waals surface area contributed by atoms with Crippen molar-refractivity contribution in [3.63, 3.8) is 0 Å². The highest BCUT2D eigenvalue weighted by Crippen LogP contribution is 2.31. The largest absolute Gasteiger partial charge is 0.361 e. The number of ether oxygens (including phenoxy) is 1. The van der Waals surface area contributed by atoms with Gasteiger partial charge in [-0.2, -0.15) is 0 Å². The van der Waals surface area contributed by atoms with Gasteiger partial charge in [-0.15, -0.1) is 0 Å². The predicted octanol–water partition coefficient (Wildman–Crippen LogP) is 2.36. The molecule has 0 aromatic carbocycles. The molecule has 0 saturated heterocycles. The van der Waals surface area contributed by atoms with Gasteiger partial charge in [0.15, 0.2) is 0 Å². The molecule has 0 spiro atoms. The first-order valence-corrected chi connectivity index (χ1v) is 7.71. The number of nitrogens with one attached hydrogen (secondary N) is 1. The highest BCUT2D eigenvalue weighted by Gasteiger charge is 2.35. The number of amides is 1. The molecule has 2 atom stereocenters. The molecular formula is C15H30N2O2. The third-order valence-corrected chi connectivity index (χ3v) is 4.04. The van der Waals surface area contributed by atoms with Gasteiger partial charge in [-0.3, -0.25) is 4.79 Å². The van der Waals surface area contributed by atoms with E-state index >= 15 is 0 Å². The topological polar surface area (TPSA) is 64.3 Å². The summed E-state index contributed by atoms with van der Waals surface area (Å²) in [6.45, 7) is 6.50. The first-order chi connectivity index (χ1) is 9.03. The molecule has 1 amide bonds. The van der Waals surface area contributed by atoms with Crippen molar-refractivity contribution in [3.05, 3.63) is 0 Å². The van der Waals surface area contributed by atoms with Crippen LogP contribution in [0, 0.1) is 0 Å². The van der Waals surface area contributed by atoms with Crippen LogP contribution in [0.5, 0.6) is 0 Å².